The number of para-hydroxylation sites is 2. The first kappa shape index (κ1) is 21.5. The molecule has 0 radical (unpaired) electrons. The van der Waals surface area contributed by atoms with E-state index < -0.39 is 12.1 Å². The third kappa shape index (κ3) is 4.95. The number of carboxylic acid groups (broad SMARTS) is 1. The lowest BCUT2D eigenvalue weighted by Gasteiger charge is -2.17. The van der Waals surface area contributed by atoms with E-state index in [-0.39, 0.29) is 6.42 Å². The third-order valence-electron chi connectivity index (χ3n) is 5.28. The van der Waals surface area contributed by atoms with Crippen molar-refractivity contribution < 1.29 is 19.4 Å². The van der Waals surface area contributed by atoms with Crippen molar-refractivity contribution in [2.75, 3.05) is 6.61 Å². The Hall–Kier alpha value is -3.70. The van der Waals surface area contributed by atoms with Crippen molar-refractivity contribution in [1.29, 1.82) is 0 Å². The Labute approximate surface area is 187 Å². The summed E-state index contributed by atoms with van der Waals surface area (Å²) in [6, 6.07) is 27.6. The number of rotatable bonds is 9. The van der Waals surface area contributed by atoms with E-state index in [1.165, 1.54) is 0 Å². The van der Waals surface area contributed by atoms with Gasteiger partial charge in [-0.2, -0.15) is 0 Å². The summed E-state index contributed by atoms with van der Waals surface area (Å²) >= 11 is 0. The Kier molecular flexibility index (Phi) is 6.78. The molecule has 5 heteroatoms. The van der Waals surface area contributed by atoms with Gasteiger partial charge in [-0.05, 0) is 30.7 Å². The van der Waals surface area contributed by atoms with E-state index in [4.69, 9.17) is 14.5 Å². The van der Waals surface area contributed by atoms with E-state index in [0.717, 1.165) is 33.3 Å². The lowest BCUT2D eigenvalue weighted by Crippen LogP contribution is -2.26. The van der Waals surface area contributed by atoms with Gasteiger partial charge in [0, 0.05) is 29.5 Å². The van der Waals surface area contributed by atoms with Crippen molar-refractivity contribution in [1.82, 2.24) is 4.98 Å². The van der Waals surface area contributed by atoms with Crippen LogP contribution in [0.4, 0.5) is 0 Å². The molecular formula is C27H25NO4. The van der Waals surface area contributed by atoms with Crippen LogP contribution in [0.25, 0.3) is 22.2 Å². The Morgan fingerprint density at radius 1 is 0.938 bits per heavy atom. The van der Waals surface area contributed by atoms with Crippen LogP contribution < -0.4 is 4.74 Å². The maximum absolute atomic E-state index is 11.5. The van der Waals surface area contributed by atoms with Gasteiger partial charge in [-0.1, -0.05) is 66.7 Å². The minimum Gasteiger partial charge on any atom is -0.489 e. The number of benzene rings is 3. The molecule has 0 amide bonds. The van der Waals surface area contributed by atoms with Crippen LogP contribution in [0.1, 0.15) is 18.1 Å². The second-order valence-electron chi connectivity index (χ2n) is 7.43. The highest BCUT2D eigenvalue weighted by atomic mass is 16.5. The molecule has 1 atom stereocenters. The Morgan fingerprint density at radius 3 is 2.44 bits per heavy atom. The molecule has 32 heavy (non-hydrogen) atoms. The summed E-state index contributed by atoms with van der Waals surface area (Å²) < 4.78 is 11.6. The van der Waals surface area contributed by atoms with Crippen molar-refractivity contribution in [2.45, 2.75) is 26.1 Å². The Balaban J connectivity index is 1.63. The second-order valence-corrected chi connectivity index (χ2v) is 7.43. The number of carbonyl (C=O) groups is 1. The summed E-state index contributed by atoms with van der Waals surface area (Å²) in [5.41, 5.74) is 4.65. The van der Waals surface area contributed by atoms with Crippen LogP contribution in [0.2, 0.25) is 0 Å². The van der Waals surface area contributed by atoms with Gasteiger partial charge in [0.25, 0.3) is 0 Å². The van der Waals surface area contributed by atoms with E-state index in [0.29, 0.717) is 19.0 Å². The zero-order valence-corrected chi connectivity index (χ0v) is 17.9. The average Bonchev–Trinajstić information content (AvgIpc) is 2.83. The molecule has 0 fully saturated rings. The highest BCUT2D eigenvalue weighted by Gasteiger charge is 2.20. The zero-order valence-electron chi connectivity index (χ0n) is 17.9. The van der Waals surface area contributed by atoms with E-state index in [2.05, 4.69) is 6.07 Å². The molecule has 0 aliphatic rings. The summed E-state index contributed by atoms with van der Waals surface area (Å²) in [7, 11) is 0. The topological polar surface area (TPSA) is 68.7 Å². The highest BCUT2D eigenvalue weighted by Crippen LogP contribution is 2.27. The number of nitrogens with zero attached hydrogens (tertiary/aromatic N) is 1. The van der Waals surface area contributed by atoms with Gasteiger partial charge in [-0.25, -0.2) is 9.78 Å². The van der Waals surface area contributed by atoms with Gasteiger partial charge in [0.05, 0.1) is 11.2 Å². The average molecular weight is 428 g/mol. The number of carboxylic acids is 1. The summed E-state index contributed by atoms with van der Waals surface area (Å²) in [5, 5.41) is 10.5. The summed E-state index contributed by atoms with van der Waals surface area (Å²) in [6.07, 6.45) is -0.665. The number of pyridine rings is 1. The first-order chi connectivity index (χ1) is 15.7. The first-order valence-electron chi connectivity index (χ1n) is 10.6. The van der Waals surface area contributed by atoms with E-state index >= 15 is 0 Å². The van der Waals surface area contributed by atoms with E-state index in [1.54, 1.807) is 6.92 Å². The van der Waals surface area contributed by atoms with Crippen molar-refractivity contribution in [3.63, 3.8) is 0 Å². The van der Waals surface area contributed by atoms with Gasteiger partial charge in [0.1, 0.15) is 12.4 Å². The monoisotopic (exact) mass is 427 g/mol. The normalized spacial score (nSPS) is 11.9. The van der Waals surface area contributed by atoms with Crippen LogP contribution in [-0.4, -0.2) is 28.8 Å². The molecule has 0 aliphatic carbocycles. The van der Waals surface area contributed by atoms with Gasteiger partial charge >= 0.3 is 5.97 Å². The largest absolute Gasteiger partial charge is 0.489 e. The van der Waals surface area contributed by atoms with Crippen molar-refractivity contribution in [3.8, 4) is 17.0 Å². The molecule has 0 bridgehead atoms. The fourth-order valence-corrected chi connectivity index (χ4v) is 3.71. The molecule has 162 valence electrons. The van der Waals surface area contributed by atoms with Crippen molar-refractivity contribution >= 4 is 16.9 Å². The molecule has 0 aliphatic heterocycles. The van der Waals surface area contributed by atoms with Crippen LogP contribution >= 0.6 is 0 Å². The predicted molar refractivity (Wildman–Crippen MR) is 125 cm³/mol. The molecular weight excluding hydrogens is 402 g/mol. The van der Waals surface area contributed by atoms with Gasteiger partial charge in [-0.15, -0.1) is 0 Å². The summed E-state index contributed by atoms with van der Waals surface area (Å²) in [4.78, 5) is 16.4. The maximum atomic E-state index is 11.5. The summed E-state index contributed by atoms with van der Waals surface area (Å²) in [6.45, 7) is 2.47. The molecule has 0 saturated carbocycles. The van der Waals surface area contributed by atoms with Crippen LogP contribution in [0, 0.1) is 0 Å². The number of hydrogen-bond donors (Lipinski definition) is 1. The van der Waals surface area contributed by atoms with Crippen molar-refractivity contribution in [2.24, 2.45) is 0 Å². The molecule has 1 aromatic heterocycles. The summed E-state index contributed by atoms with van der Waals surface area (Å²) in [5.74, 6) is -0.324. The van der Waals surface area contributed by atoms with Gasteiger partial charge in [-0.3, -0.25) is 0 Å². The number of aromatic nitrogens is 1. The number of hydrogen-bond acceptors (Lipinski definition) is 4. The van der Waals surface area contributed by atoms with Gasteiger partial charge in [0.15, 0.2) is 6.10 Å². The molecule has 4 aromatic rings. The molecule has 5 nitrogen and oxygen atoms in total. The first-order valence-corrected chi connectivity index (χ1v) is 10.6. The van der Waals surface area contributed by atoms with Crippen LogP contribution in [0.15, 0.2) is 84.9 Å². The fourth-order valence-electron chi connectivity index (χ4n) is 3.71. The fraction of sp³-hybridized carbons (Fsp3) is 0.185. The molecule has 1 heterocycles. The minimum absolute atomic E-state index is 0.242. The van der Waals surface area contributed by atoms with Crippen molar-refractivity contribution in [3.05, 3.63) is 96.1 Å². The quantitative estimate of drug-likeness (QED) is 0.381. The predicted octanol–water partition coefficient (Wildman–Crippen LogP) is 5.51. The SMILES string of the molecule is CCOC(Cc1ccccc1OCc1cc(-c2ccccc2)nc2ccccc12)C(=O)O. The lowest BCUT2D eigenvalue weighted by atomic mass is 10.0. The van der Waals surface area contributed by atoms with Crippen LogP contribution in [0.5, 0.6) is 5.75 Å². The Morgan fingerprint density at radius 2 is 1.66 bits per heavy atom. The van der Waals surface area contributed by atoms with E-state index in [1.807, 2.05) is 78.9 Å². The number of fused-ring (bicyclic) bond motifs is 1. The molecule has 0 spiro atoms. The molecule has 0 saturated heterocycles. The third-order valence-corrected chi connectivity index (χ3v) is 5.28. The molecule has 1 N–H and O–H groups in total. The maximum Gasteiger partial charge on any atom is 0.333 e. The second kappa shape index (κ2) is 10.1. The lowest BCUT2D eigenvalue weighted by molar-refractivity contribution is -0.149. The van der Waals surface area contributed by atoms with Crippen LogP contribution in [0.3, 0.4) is 0 Å². The van der Waals surface area contributed by atoms with Crippen LogP contribution in [-0.2, 0) is 22.6 Å². The Bertz CT molecular complexity index is 1210. The minimum atomic E-state index is -0.978. The van der Waals surface area contributed by atoms with E-state index in [9.17, 15) is 9.90 Å². The molecule has 1 unspecified atom stereocenters. The smallest absolute Gasteiger partial charge is 0.333 e. The number of aliphatic carboxylic acids is 1. The molecule has 3 aromatic carbocycles. The standard InChI is InChI=1S/C27H25NO4/c1-2-31-26(27(29)30)17-20-12-6-9-15-25(20)32-18-21-16-24(19-10-4-3-5-11-19)28-23-14-8-7-13-22(21)23/h3-16,26H,2,17-18H2,1H3,(H,29,30). The van der Waals surface area contributed by atoms with Gasteiger partial charge < -0.3 is 14.6 Å². The number of ether oxygens (including phenoxy) is 2. The molecule has 4 rings (SSSR count). The highest BCUT2D eigenvalue weighted by molar-refractivity contribution is 5.85. The van der Waals surface area contributed by atoms with Gasteiger partial charge in [0.2, 0.25) is 0 Å². The zero-order chi connectivity index (χ0) is 22.3.